The van der Waals surface area contributed by atoms with E-state index in [1.807, 2.05) is 61.6 Å². The van der Waals surface area contributed by atoms with Gasteiger partial charge in [0.25, 0.3) is 0 Å². The van der Waals surface area contributed by atoms with Gasteiger partial charge in [-0.2, -0.15) is 0 Å². The van der Waals surface area contributed by atoms with Crippen LogP contribution in [0.1, 0.15) is 32.6 Å². The SMILES string of the molecule is C=CCOc1ccc(-c2sc3c(c2CN(C)Cc2ccccc2)c(=O)c(C(=O)c2ccccc2)cn3Cc2c(F)cccc2F)cc1. The van der Waals surface area contributed by atoms with Gasteiger partial charge in [0.1, 0.15) is 28.8 Å². The lowest BCUT2D eigenvalue weighted by Crippen LogP contribution is -2.22. The normalized spacial score (nSPS) is 11.2. The Labute approximate surface area is 275 Å². The zero-order valence-corrected chi connectivity index (χ0v) is 26.6. The fourth-order valence-corrected chi connectivity index (χ4v) is 6.93. The minimum atomic E-state index is -0.706. The second-order valence-electron chi connectivity index (χ2n) is 11.3. The number of aromatic nitrogens is 1. The number of hydrogen-bond donors (Lipinski definition) is 0. The molecular weight excluding hydrogens is 615 g/mol. The zero-order chi connectivity index (χ0) is 32.9. The number of nitrogens with zero attached hydrogens (tertiary/aromatic N) is 2. The summed E-state index contributed by atoms with van der Waals surface area (Å²) in [5, 5.41) is 0.357. The summed E-state index contributed by atoms with van der Waals surface area (Å²) in [5.74, 6) is -1.20. The number of carbonyl (C=O) groups is 1. The standard InChI is InChI=1S/C39H32F2N2O3S/c1-3-21-46-29-19-17-28(18-20-29)38-31(23-42(2)22-26-11-6-4-7-12-26)35-37(45)32(36(44)27-13-8-5-9-14-27)25-43(39(35)47-38)24-30-33(40)15-10-16-34(30)41/h3-20,25H,1,21-24H2,2H3. The number of halogens is 2. The molecule has 6 aromatic rings. The molecule has 0 unspecified atom stereocenters. The van der Waals surface area contributed by atoms with Crippen molar-refractivity contribution in [2.24, 2.45) is 0 Å². The molecule has 0 aliphatic rings. The second-order valence-corrected chi connectivity index (χ2v) is 12.3. The number of fused-ring (bicyclic) bond motifs is 1. The van der Waals surface area contributed by atoms with E-state index in [4.69, 9.17) is 4.74 Å². The van der Waals surface area contributed by atoms with Crippen molar-refractivity contribution in [2.75, 3.05) is 13.7 Å². The predicted octanol–water partition coefficient (Wildman–Crippen LogP) is 8.48. The van der Waals surface area contributed by atoms with E-state index in [0.717, 1.165) is 21.6 Å². The second kappa shape index (κ2) is 14.1. The molecule has 4 aromatic carbocycles. The van der Waals surface area contributed by atoms with E-state index < -0.39 is 22.8 Å². The topological polar surface area (TPSA) is 51.5 Å². The number of thiophene rings is 1. The summed E-state index contributed by atoms with van der Waals surface area (Å²) < 4.78 is 37.3. The molecule has 0 saturated carbocycles. The van der Waals surface area contributed by atoms with E-state index in [1.54, 1.807) is 41.0 Å². The van der Waals surface area contributed by atoms with Gasteiger partial charge in [0.15, 0.2) is 5.78 Å². The smallest absolute Gasteiger partial charge is 0.201 e. The van der Waals surface area contributed by atoms with Gasteiger partial charge in [-0.1, -0.05) is 79.4 Å². The van der Waals surface area contributed by atoms with E-state index in [0.29, 0.717) is 41.2 Å². The Morgan fingerprint density at radius 3 is 2.19 bits per heavy atom. The Bertz CT molecular complexity index is 2090. The quantitative estimate of drug-likeness (QED) is 0.0989. The lowest BCUT2D eigenvalue weighted by atomic mass is 10.0. The van der Waals surface area contributed by atoms with E-state index >= 15 is 0 Å². The number of ether oxygens (including phenoxy) is 1. The molecule has 2 heterocycles. The average molecular weight is 647 g/mol. The molecule has 0 spiro atoms. The highest BCUT2D eigenvalue weighted by Gasteiger charge is 2.25. The van der Waals surface area contributed by atoms with Crippen LogP contribution in [0.2, 0.25) is 0 Å². The van der Waals surface area contributed by atoms with Crippen LogP contribution in [0, 0.1) is 11.6 Å². The third-order valence-electron chi connectivity index (χ3n) is 7.88. The van der Waals surface area contributed by atoms with Crippen molar-refractivity contribution in [1.82, 2.24) is 9.47 Å². The van der Waals surface area contributed by atoms with Crippen molar-refractivity contribution >= 4 is 27.3 Å². The first kappa shape index (κ1) is 31.8. The molecule has 47 heavy (non-hydrogen) atoms. The minimum absolute atomic E-state index is 0.0649. The summed E-state index contributed by atoms with van der Waals surface area (Å²) in [6.07, 6.45) is 3.11. The van der Waals surface area contributed by atoms with Gasteiger partial charge in [-0.25, -0.2) is 8.78 Å². The Morgan fingerprint density at radius 1 is 0.872 bits per heavy atom. The highest BCUT2D eigenvalue weighted by Crippen LogP contribution is 2.39. The molecule has 236 valence electrons. The lowest BCUT2D eigenvalue weighted by molar-refractivity contribution is 0.103. The minimum Gasteiger partial charge on any atom is -0.490 e. The van der Waals surface area contributed by atoms with Crippen LogP contribution in [0.3, 0.4) is 0 Å². The molecule has 0 saturated heterocycles. The van der Waals surface area contributed by atoms with Crippen LogP contribution in [0.4, 0.5) is 8.78 Å². The lowest BCUT2D eigenvalue weighted by Gasteiger charge is -2.18. The summed E-state index contributed by atoms with van der Waals surface area (Å²) in [5.41, 5.74) is 2.39. The van der Waals surface area contributed by atoms with Crippen molar-refractivity contribution in [3.05, 3.63) is 172 Å². The molecule has 0 bridgehead atoms. The molecule has 6 rings (SSSR count). The molecule has 8 heteroatoms. The molecule has 5 nitrogen and oxygen atoms in total. The maximum Gasteiger partial charge on any atom is 0.201 e. The van der Waals surface area contributed by atoms with Crippen molar-refractivity contribution in [3.63, 3.8) is 0 Å². The third-order valence-corrected chi connectivity index (χ3v) is 9.20. The summed E-state index contributed by atoms with van der Waals surface area (Å²) in [4.78, 5) is 31.7. The van der Waals surface area contributed by atoms with Crippen LogP contribution >= 0.6 is 11.3 Å². The highest BCUT2D eigenvalue weighted by atomic mass is 32.1. The van der Waals surface area contributed by atoms with Crippen LogP contribution in [0.5, 0.6) is 5.75 Å². The molecule has 0 aliphatic heterocycles. The Hall–Kier alpha value is -5.18. The van der Waals surface area contributed by atoms with Crippen molar-refractivity contribution in [1.29, 1.82) is 0 Å². The van der Waals surface area contributed by atoms with Gasteiger partial charge < -0.3 is 9.30 Å². The molecule has 0 fully saturated rings. The van der Waals surface area contributed by atoms with Crippen LogP contribution in [0.25, 0.3) is 20.7 Å². The summed E-state index contributed by atoms with van der Waals surface area (Å²) >= 11 is 1.36. The molecule has 0 aliphatic carbocycles. The zero-order valence-electron chi connectivity index (χ0n) is 25.8. The van der Waals surface area contributed by atoms with Gasteiger partial charge >= 0.3 is 0 Å². The molecule has 0 N–H and O–H groups in total. The Balaban J connectivity index is 1.57. The van der Waals surface area contributed by atoms with E-state index in [2.05, 4.69) is 11.5 Å². The number of rotatable bonds is 12. The number of hydrogen-bond acceptors (Lipinski definition) is 5. The first-order valence-corrected chi connectivity index (χ1v) is 15.9. The van der Waals surface area contributed by atoms with E-state index in [-0.39, 0.29) is 17.7 Å². The van der Waals surface area contributed by atoms with E-state index in [1.165, 1.54) is 35.7 Å². The van der Waals surface area contributed by atoms with Crippen LogP contribution in [-0.2, 0) is 19.6 Å². The first-order chi connectivity index (χ1) is 22.8. The van der Waals surface area contributed by atoms with Crippen LogP contribution < -0.4 is 10.2 Å². The van der Waals surface area contributed by atoms with Crippen molar-refractivity contribution in [2.45, 2.75) is 19.6 Å². The number of ketones is 1. The van der Waals surface area contributed by atoms with Crippen molar-refractivity contribution in [3.8, 4) is 16.2 Å². The Morgan fingerprint density at radius 2 is 1.53 bits per heavy atom. The molecule has 0 amide bonds. The number of pyridine rings is 1. The number of benzene rings is 4. The first-order valence-electron chi connectivity index (χ1n) is 15.1. The summed E-state index contributed by atoms with van der Waals surface area (Å²) in [6.45, 7) is 4.85. The van der Waals surface area contributed by atoms with Crippen molar-refractivity contribution < 1.29 is 18.3 Å². The van der Waals surface area contributed by atoms with Crippen LogP contribution in [-0.4, -0.2) is 28.9 Å². The molecule has 0 radical (unpaired) electrons. The van der Waals surface area contributed by atoms with Gasteiger partial charge in [0, 0.05) is 35.3 Å². The summed E-state index contributed by atoms with van der Waals surface area (Å²) in [7, 11) is 1.97. The summed E-state index contributed by atoms with van der Waals surface area (Å²) in [6, 6.07) is 29.8. The van der Waals surface area contributed by atoms with E-state index in [9.17, 15) is 18.4 Å². The fourth-order valence-electron chi connectivity index (χ4n) is 5.64. The monoisotopic (exact) mass is 646 g/mol. The predicted molar refractivity (Wildman–Crippen MR) is 184 cm³/mol. The third kappa shape index (κ3) is 6.84. The number of carbonyl (C=O) groups excluding carboxylic acids is 1. The van der Waals surface area contributed by atoms with Gasteiger partial charge in [0.2, 0.25) is 5.43 Å². The highest BCUT2D eigenvalue weighted by molar-refractivity contribution is 7.22. The molecular formula is C39H32F2N2O3S. The van der Waals surface area contributed by atoms with Gasteiger partial charge in [-0.3, -0.25) is 14.5 Å². The van der Waals surface area contributed by atoms with Gasteiger partial charge in [-0.05, 0) is 60.1 Å². The molecule has 2 aromatic heterocycles. The van der Waals surface area contributed by atoms with Crippen LogP contribution in [0.15, 0.2) is 127 Å². The van der Waals surface area contributed by atoms with Gasteiger partial charge in [0.05, 0.1) is 17.5 Å². The maximum atomic E-state index is 15.0. The Kier molecular flexibility index (Phi) is 9.52. The average Bonchev–Trinajstić information content (AvgIpc) is 3.46. The maximum absolute atomic E-state index is 15.0. The fraction of sp³-hybridized carbons (Fsp3) is 0.128. The molecule has 0 atom stereocenters. The van der Waals surface area contributed by atoms with Gasteiger partial charge in [-0.15, -0.1) is 11.3 Å². The largest absolute Gasteiger partial charge is 0.490 e.